The van der Waals surface area contributed by atoms with E-state index in [0.717, 1.165) is 17.8 Å². The Kier molecular flexibility index (Phi) is 4.26. The molecule has 0 bridgehead atoms. The number of fused-ring (bicyclic) bond motifs is 1. The molecule has 2 fully saturated rings. The van der Waals surface area contributed by atoms with Crippen LogP contribution in [0.5, 0.6) is 0 Å². The maximum atomic E-state index is 2.43. The summed E-state index contributed by atoms with van der Waals surface area (Å²) in [6.07, 6.45) is 10.7. The molecule has 0 aliphatic heterocycles. The summed E-state index contributed by atoms with van der Waals surface area (Å²) in [5.74, 6) is 3.21. The van der Waals surface area contributed by atoms with Crippen molar-refractivity contribution in [1.82, 2.24) is 0 Å². The van der Waals surface area contributed by atoms with Crippen molar-refractivity contribution in [2.24, 2.45) is 23.2 Å². The summed E-state index contributed by atoms with van der Waals surface area (Å²) in [5, 5.41) is 0. The molecule has 3 unspecified atom stereocenters. The fraction of sp³-hybridized carbons (Fsp3) is 1.00. The highest BCUT2D eigenvalue weighted by atomic mass is 14.4. The number of hydrogen-bond donors (Lipinski definition) is 0. The normalized spacial score (nSPS) is 36.6. The van der Waals surface area contributed by atoms with Gasteiger partial charge in [0.1, 0.15) is 0 Å². The van der Waals surface area contributed by atoms with E-state index in [4.69, 9.17) is 0 Å². The van der Waals surface area contributed by atoms with Crippen LogP contribution in [0, 0.1) is 23.2 Å². The maximum Gasteiger partial charge on any atom is -0.0354 e. The van der Waals surface area contributed by atoms with E-state index in [1.807, 2.05) is 0 Å². The highest BCUT2D eigenvalue weighted by Gasteiger charge is 2.36. The number of rotatable bonds is 0. The second kappa shape index (κ2) is 4.89. The molecule has 0 saturated heterocycles. The zero-order valence-corrected chi connectivity index (χ0v) is 10.2. The summed E-state index contributed by atoms with van der Waals surface area (Å²) in [4.78, 5) is 0. The third-order valence-electron chi connectivity index (χ3n) is 4.76. The Balaban J connectivity index is 0.00000112. The van der Waals surface area contributed by atoms with Gasteiger partial charge in [-0.3, -0.25) is 0 Å². The van der Waals surface area contributed by atoms with Crippen molar-refractivity contribution in [2.75, 3.05) is 0 Å². The Bertz CT molecular complexity index is 187. The maximum absolute atomic E-state index is 2.43. The molecular weight excluding hydrogens is 180 g/mol. The lowest BCUT2D eigenvalue weighted by molar-refractivity contribution is 0.0720. The van der Waals surface area contributed by atoms with Crippen molar-refractivity contribution < 1.29 is 0 Å². The van der Waals surface area contributed by atoms with Crippen LogP contribution in [0.15, 0.2) is 0 Å². The van der Waals surface area contributed by atoms with Gasteiger partial charge in [0, 0.05) is 0 Å². The van der Waals surface area contributed by atoms with Crippen LogP contribution in [0.2, 0.25) is 0 Å². The molecule has 0 aromatic heterocycles. The fourth-order valence-electron chi connectivity index (χ4n) is 3.66. The number of hydrogen-bond acceptors (Lipinski definition) is 0. The molecule has 0 aromatic carbocycles. The van der Waals surface area contributed by atoms with Gasteiger partial charge in [-0.05, 0) is 42.4 Å². The Morgan fingerprint density at radius 2 is 1.40 bits per heavy atom. The first-order valence-corrected chi connectivity index (χ1v) is 6.57. The fourth-order valence-corrected chi connectivity index (χ4v) is 3.66. The minimum absolute atomic E-state index is 0. The van der Waals surface area contributed by atoms with E-state index in [1.165, 1.54) is 38.5 Å². The van der Waals surface area contributed by atoms with E-state index in [1.54, 1.807) is 6.42 Å². The Morgan fingerprint density at radius 1 is 0.800 bits per heavy atom. The minimum atomic E-state index is 0. The second-order valence-corrected chi connectivity index (χ2v) is 6.68. The van der Waals surface area contributed by atoms with Gasteiger partial charge in [0.15, 0.2) is 0 Å². The molecule has 0 heteroatoms. The molecule has 0 spiro atoms. The summed E-state index contributed by atoms with van der Waals surface area (Å²) < 4.78 is 0. The first-order chi connectivity index (χ1) is 6.57. The van der Waals surface area contributed by atoms with Crippen LogP contribution in [0.4, 0.5) is 0 Å². The van der Waals surface area contributed by atoms with E-state index in [-0.39, 0.29) is 7.43 Å². The van der Waals surface area contributed by atoms with Crippen LogP contribution >= 0.6 is 0 Å². The molecule has 0 amide bonds. The Hall–Kier alpha value is 0. The zero-order valence-electron chi connectivity index (χ0n) is 10.2. The van der Waals surface area contributed by atoms with Crippen molar-refractivity contribution in [2.45, 2.75) is 73.1 Å². The summed E-state index contributed by atoms with van der Waals surface area (Å²) in [6.45, 7) is 7.29. The molecule has 3 atom stereocenters. The highest BCUT2D eigenvalue weighted by molar-refractivity contribution is 4.87. The van der Waals surface area contributed by atoms with E-state index < -0.39 is 0 Å². The third kappa shape index (κ3) is 2.98. The van der Waals surface area contributed by atoms with E-state index in [0.29, 0.717) is 5.41 Å². The van der Waals surface area contributed by atoms with Crippen LogP contribution < -0.4 is 0 Å². The first-order valence-electron chi connectivity index (χ1n) is 6.57. The molecule has 90 valence electrons. The van der Waals surface area contributed by atoms with Crippen LogP contribution in [0.3, 0.4) is 0 Å². The van der Waals surface area contributed by atoms with Crippen molar-refractivity contribution >= 4 is 0 Å². The Labute approximate surface area is 96.8 Å². The predicted octanol–water partition coefficient (Wildman–Crippen LogP) is 5.28. The smallest absolute Gasteiger partial charge is 0.0354 e. The van der Waals surface area contributed by atoms with Gasteiger partial charge in [0.2, 0.25) is 0 Å². The molecule has 0 nitrogen and oxygen atoms in total. The third-order valence-corrected chi connectivity index (χ3v) is 4.76. The molecule has 2 rings (SSSR count). The monoisotopic (exact) mass is 210 g/mol. The highest BCUT2D eigenvalue weighted by Crippen LogP contribution is 2.47. The topological polar surface area (TPSA) is 0 Å². The average molecular weight is 210 g/mol. The van der Waals surface area contributed by atoms with Gasteiger partial charge < -0.3 is 0 Å². The summed E-state index contributed by atoms with van der Waals surface area (Å²) >= 11 is 0. The zero-order chi connectivity index (χ0) is 10.2. The SMILES string of the molecule is C.CC(C)(C)C1CCC2CCCCC2C1. The lowest BCUT2D eigenvalue weighted by Gasteiger charge is -2.44. The lowest BCUT2D eigenvalue weighted by atomic mass is 9.62. The van der Waals surface area contributed by atoms with Crippen molar-refractivity contribution in [3.05, 3.63) is 0 Å². The van der Waals surface area contributed by atoms with Crippen LogP contribution in [0.1, 0.15) is 73.1 Å². The second-order valence-electron chi connectivity index (χ2n) is 6.68. The molecule has 2 saturated carbocycles. The molecule has 0 N–H and O–H groups in total. The van der Waals surface area contributed by atoms with Gasteiger partial charge >= 0.3 is 0 Å². The average Bonchev–Trinajstić information content (AvgIpc) is 2.16. The van der Waals surface area contributed by atoms with Crippen LogP contribution in [-0.4, -0.2) is 0 Å². The van der Waals surface area contributed by atoms with Gasteiger partial charge in [-0.1, -0.05) is 53.9 Å². The molecular formula is C15H30. The first kappa shape index (κ1) is 13.1. The standard InChI is InChI=1S/C14H26.CH4/c1-14(2,3)13-9-8-11-6-4-5-7-12(11)10-13;/h11-13H,4-10H2,1-3H3;1H4. The van der Waals surface area contributed by atoms with Crippen LogP contribution in [-0.2, 0) is 0 Å². The van der Waals surface area contributed by atoms with Crippen molar-refractivity contribution in [3.8, 4) is 0 Å². The summed E-state index contributed by atoms with van der Waals surface area (Å²) in [7, 11) is 0. The van der Waals surface area contributed by atoms with Gasteiger partial charge in [-0.2, -0.15) is 0 Å². The van der Waals surface area contributed by atoms with Crippen molar-refractivity contribution in [3.63, 3.8) is 0 Å². The van der Waals surface area contributed by atoms with Gasteiger partial charge in [-0.15, -0.1) is 0 Å². The predicted molar refractivity (Wildman–Crippen MR) is 69.0 cm³/mol. The molecule has 2 aliphatic rings. The van der Waals surface area contributed by atoms with E-state index in [9.17, 15) is 0 Å². The van der Waals surface area contributed by atoms with E-state index >= 15 is 0 Å². The van der Waals surface area contributed by atoms with Crippen molar-refractivity contribution in [1.29, 1.82) is 0 Å². The lowest BCUT2D eigenvalue weighted by Crippen LogP contribution is -2.33. The molecule has 0 heterocycles. The van der Waals surface area contributed by atoms with Gasteiger partial charge in [-0.25, -0.2) is 0 Å². The molecule has 0 radical (unpaired) electrons. The molecule has 2 aliphatic carbocycles. The van der Waals surface area contributed by atoms with Gasteiger partial charge in [0.05, 0.1) is 0 Å². The largest absolute Gasteiger partial charge is 0.0776 e. The quantitative estimate of drug-likeness (QED) is 0.510. The van der Waals surface area contributed by atoms with Gasteiger partial charge in [0.25, 0.3) is 0 Å². The van der Waals surface area contributed by atoms with E-state index in [2.05, 4.69) is 20.8 Å². The Morgan fingerprint density at radius 3 is 2.00 bits per heavy atom. The van der Waals surface area contributed by atoms with Crippen LogP contribution in [0.25, 0.3) is 0 Å². The summed E-state index contributed by atoms with van der Waals surface area (Å²) in [5.41, 5.74) is 0.558. The molecule has 15 heavy (non-hydrogen) atoms. The molecule has 0 aromatic rings. The minimum Gasteiger partial charge on any atom is -0.0776 e. The summed E-state index contributed by atoms with van der Waals surface area (Å²) in [6, 6.07) is 0.